The van der Waals surface area contributed by atoms with Crippen molar-refractivity contribution in [2.45, 2.75) is 12.6 Å². The van der Waals surface area contributed by atoms with E-state index in [-0.39, 0.29) is 0 Å². The smallest absolute Gasteiger partial charge is 0.325 e. The topological polar surface area (TPSA) is 72.5 Å². The van der Waals surface area contributed by atoms with Gasteiger partial charge >= 0.3 is 5.97 Å². The number of carbonyl (C=O) groups is 1. The van der Waals surface area contributed by atoms with Crippen molar-refractivity contribution < 1.29 is 9.90 Å². The lowest BCUT2D eigenvalue weighted by molar-refractivity contribution is -0.144. The number of aliphatic carboxylic acids is 1. The Morgan fingerprint density at radius 1 is 1.26 bits per heavy atom. The number of carboxylic acid groups (broad SMARTS) is 1. The number of benzene rings is 1. The minimum Gasteiger partial charge on any atom is -0.480 e. The van der Waals surface area contributed by atoms with E-state index in [9.17, 15) is 9.90 Å². The van der Waals surface area contributed by atoms with Gasteiger partial charge in [0.25, 0.3) is 0 Å². The number of rotatable bonds is 5. The van der Waals surface area contributed by atoms with Gasteiger partial charge in [0.15, 0.2) is 0 Å². The van der Waals surface area contributed by atoms with Crippen LogP contribution in [0.2, 0.25) is 5.02 Å². The summed E-state index contributed by atoms with van der Waals surface area (Å²) in [5.41, 5.74) is 2.84. The second-order valence-electron chi connectivity index (χ2n) is 6.85. The first kappa shape index (κ1) is 18.0. The van der Waals surface area contributed by atoms with Gasteiger partial charge in [0.2, 0.25) is 0 Å². The first-order valence-corrected chi connectivity index (χ1v) is 9.34. The molecule has 7 heteroatoms. The van der Waals surface area contributed by atoms with Crippen LogP contribution in [0, 0.1) is 0 Å². The van der Waals surface area contributed by atoms with Crippen LogP contribution >= 0.6 is 11.6 Å². The zero-order valence-corrected chi connectivity index (χ0v) is 15.6. The number of hydrogen-bond acceptors (Lipinski definition) is 4. The summed E-state index contributed by atoms with van der Waals surface area (Å²) in [5, 5.41) is 11.4. The second kappa shape index (κ2) is 7.68. The Morgan fingerprint density at radius 2 is 2.07 bits per heavy atom. The minimum absolute atomic E-state index is 0.605. The Bertz CT molecular complexity index is 936. The maximum Gasteiger partial charge on any atom is 0.325 e. The van der Waals surface area contributed by atoms with Gasteiger partial charge < -0.3 is 10.1 Å². The molecule has 2 aromatic heterocycles. The van der Waals surface area contributed by atoms with Crippen LogP contribution in [0.25, 0.3) is 10.9 Å². The summed E-state index contributed by atoms with van der Waals surface area (Å²) in [6, 6.07) is 8.83. The molecule has 1 atom stereocenters. The Morgan fingerprint density at radius 3 is 2.78 bits per heavy atom. The molecule has 0 radical (unpaired) electrons. The molecule has 1 aliphatic rings. The van der Waals surface area contributed by atoms with Crippen LogP contribution in [0.15, 0.2) is 48.9 Å². The fraction of sp³-hybridized carbons (Fsp3) is 0.300. The SMILES string of the molecule is O=C(O)[C@H](c1c[nH]c2ccc(Cl)cc12)N1CCN(Cc2cccnc2)CC1. The van der Waals surface area contributed by atoms with E-state index in [1.54, 1.807) is 18.5 Å². The number of nitrogens with zero attached hydrogens (tertiary/aromatic N) is 3. The van der Waals surface area contributed by atoms with E-state index in [1.165, 1.54) is 5.56 Å². The molecule has 0 bridgehead atoms. The van der Waals surface area contributed by atoms with Gasteiger partial charge in [-0.25, -0.2) is 0 Å². The minimum atomic E-state index is -0.836. The molecule has 0 amide bonds. The monoisotopic (exact) mass is 384 g/mol. The molecule has 3 aromatic rings. The van der Waals surface area contributed by atoms with Crippen molar-refractivity contribution in [3.05, 3.63) is 65.1 Å². The normalized spacial score (nSPS) is 17.2. The molecular weight excluding hydrogens is 364 g/mol. The van der Waals surface area contributed by atoms with Gasteiger partial charge in [-0.05, 0) is 29.8 Å². The van der Waals surface area contributed by atoms with Crippen LogP contribution in [-0.2, 0) is 11.3 Å². The predicted octanol–water partition coefficient (Wildman–Crippen LogP) is 3.16. The summed E-state index contributed by atoms with van der Waals surface area (Å²) in [6.45, 7) is 3.88. The number of halogens is 1. The van der Waals surface area contributed by atoms with Gasteiger partial charge in [0.1, 0.15) is 6.04 Å². The number of hydrogen-bond donors (Lipinski definition) is 2. The number of piperazine rings is 1. The quantitative estimate of drug-likeness (QED) is 0.707. The van der Waals surface area contributed by atoms with Gasteiger partial charge in [-0.2, -0.15) is 0 Å². The van der Waals surface area contributed by atoms with Crippen LogP contribution in [0.5, 0.6) is 0 Å². The van der Waals surface area contributed by atoms with Crippen molar-refractivity contribution in [3.8, 4) is 0 Å². The Hall–Kier alpha value is -2.41. The molecule has 27 heavy (non-hydrogen) atoms. The number of aromatic amines is 1. The van der Waals surface area contributed by atoms with Crippen molar-refractivity contribution in [1.82, 2.24) is 19.8 Å². The van der Waals surface area contributed by atoms with Crippen LogP contribution in [0.4, 0.5) is 0 Å². The highest BCUT2D eigenvalue weighted by Crippen LogP contribution is 2.31. The van der Waals surface area contributed by atoms with E-state index in [2.05, 4.69) is 20.9 Å². The van der Waals surface area contributed by atoms with Gasteiger partial charge in [0, 0.05) is 72.8 Å². The summed E-state index contributed by atoms with van der Waals surface area (Å²) < 4.78 is 0. The van der Waals surface area contributed by atoms with Crippen molar-refractivity contribution in [2.24, 2.45) is 0 Å². The van der Waals surface area contributed by atoms with Crippen LogP contribution in [0.3, 0.4) is 0 Å². The largest absolute Gasteiger partial charge is 0.480 e. The molecule has 140 valence electrons. The van der Waals surface area contributed by atoms with Crippen LogP contribution in [-0.4, -0.2) is 57.0 Å². The third-order valence-electron chi connectivity index (χ3n) is 5.11. The summed E-state index contributed by atoms with van der Waals surface area (Å²) in [7, 11) is 0. The van der Waals surface area contributed by atoms with E-state index < -0.39 is 12.0 Å². The summed E-state index contributed by atoms with van der Waals surface area (Å²) in [6.07, 6.45) is 5.44. The number of carboxylic acids is 1. The van der Waals surface area contributed by atoms with E-state index in [0.717, 1.165) is 36.1 Å². The average Bonchev–Trinajstić information content (AvgIpc) is 3.07. The highest BCUT2D eigenvalue weighted by molar-refractivity contribution is 6.31. The third kappa shape index (κ3) is 3.83. The average molecular weight is 385 g/mol. The van der Waals surface area contributed by atoms with E-state index in [4.69, 9.17) is 11.6 Å². The number of pyridine rings is 1. The highest BCUT2D eigenvalue weighted by Gasteiger charge is 2.32. The van der Waals surface area contributed by atoms with Crippen molar-refractivity contribution >= 4 is 28.5 Å². The molecule has 1 aromatic carbocycles. The number of H-pyrrole nitrogens is 1. The number of nitrogens with one attached hydrogen (secondary N) is 1. The molecule has 1 aliphatic heterocycles. The maximum absolute atomic E-state index is 12.1. The molecule has 0 spiro atoms. The Balaban J connectivity index is 1.50. The molecule has 1 fully saturated rings. The third-order valence-corrected chi connectivity index (χ3v) is 5.34. The van der Waals surface area contributed by atoms with Crippen LogP contribution < -0.4 is 0 Å². The lowest BCUT2D eigenvalue weighted by Gasteiger charge is -2.37. The Labute approximate surface area is 162 Å². The van der Waals surface area contributed by atoms with Gasteiger partial charge in [-0.15, -0.1) is 0 Å². The first-order valence-electron chi connectivity index (χ1n) is 8.96. The molecule has 0 unspecified atom stereocenters. The molecular formula is C20H21ClN4O2. The summed E-state index contributed by atoms with van der Waals surface area (Å²) in [5.74, 6) is -0.836. The molecule has 4 rings (SSSR count). The zero-order valence-electron chi connectivity index (χ0n) is 14.8. The standard InChI is InChI=1S/C20H21ClN4O2/c21-15-3-4-18-16(10-15)17(12-23-18)19(20(26)27)25-8-6-24(7-9-25)13-14-2-1-5-22-11-14/h1-5,10-12,19,23H,6-9,13H2,(H,26,27)/t19-/m0/s1. The summed E-state index contributed by atoms with van der Waals surface area (Å²) >= 11 is 6.13. The van der Waals surface area contributed by atoms with Crippen LogP contribution in [0.1, 0.15) is 17.2 Å². The fourth-order valence-corrected chi connectivity index (χ4v) is 3.93. The van der Waals surface area contributed by atoms with Gasteiger partial charge in [-0.3, -0.25) is 19.6 Å². The highest BCUT2D eigenvalue weighted by atomic mass is 35.5. The van der Waals surface area contributed by atoms with E-state index in [1.807, 2.05) is 29.3 Å². The van der Waals surface area contributed by atoms with Crippen molar-refractivity contribution in [3.63, 3.8) is 0 Å². The molecule has 2 N–H and O–H groups in total. The maximum atomic E-state index is 12.1. The summed E-state index contributed by atoms with van der Waals surface area (Å²) in [4.78, 5) is 23.8. The van der Waals surface area contributed by atoms with Gasteiger partial charge in [-0.1, -0.05) is 17.7 Å². The predicted molar refractivity (Wildman–Crippen MR) is 105 cm³/mol. The van der Waals surface area contributed by atoms with E-state index >= 15 is 0 Å². The zero-order chi connectivity index (χ0) is 18.8. The molecule has 0 aliphatic carbocycles. The Kier molecular flexibility index (Phi) is 5.11. The molecule has 3 heterocycles. The molecule has 0 saturated carbocycles. The van der Waals surface area contributed by atoms with Crippen molar-refractivity contribution in [2.75, 3.05) is 26.2 Å². The number of fused-ring (bicyclic) bond motifs is 1. The van der Waals surface area contributed by atoms with Crippen molar-refractivity contribution in [1.29, 1.82) is 0 Å². The first-order chi connectivity index (χ1) is 13.1. The lowest BCUT2D eigenvalue weighted by Crippen LogP contribution is -2.48. The molecule has 6 nitrogen and oxygen atoms in total. The fourth-order valence-electron chi connectivity index (χ4n) is 3.76. The lowest BCUT2D eigenvalue weighted by atomic mass is 10.0. The second-order valence-corrected chi connectivity index (χ2v) is 7.28. The van der Waals surface area contributed by atoms with Gasteiger partial charge in [0.05, 0.1) is 0 Å². The number of aromatic nitrogens is 2. The van der Waals surface area contributed by atoms with E-state index in [0.29, 0.717) is 18.1 Å². The molecule has 1 saturated heterocycles.